The first-order valence-electron chi connectivity index (χ1n) is 6.87. The molecule has 0 bridgehead atoms. The van der Waals surface area contributed by atoms with Gasteiger partial charge in [-0.2, -0.15) is 0 Å². The highest BCUT2D eigenvalue weighted by Crippen LogP contribution is 2.19. The molecule has 0 aliphatic carbocycles. The number of ether oxygens (including phenoxy) is 1. The molecule has 0 heterocycles. The largest absolute Gasteiger partial charge is 0.481 e. The average molecular weight is 286 g/mol. The predicted octanol–water partition coefficient (Wildman–Crippen LogP) is 4.25. The number of aliphatic carboxylic acids is 1. The summed E-state index contributed by atoms with van der Waals surface area (Å²) >= 11 is 1.85. The zero-order valence-electron chi connectivity index (χ0n) is 12.1. The van der Waals surface area contributed by atoms with E-state index in [0.717, 1.165) is 25.0 Å². The van der Waals surface area contributed by atoms with E-state index in [2.05, 4.69) is 12.2 Å². The molecule has 1 N–H and O–H groups in total. The van der Waals surface area contributed by atoms with Gasteiger partial charge in [-0.3, -0.25) is 4.79 Å². The van der Waals surface area contributed by atoms with Crippen molar-refractivity contribution in [3.8, 4) is 0 Å². The van der Waals surface area contributed by atoms with Crippen molar-refractivity contribution in [2.75, 3.05) is 19.5 Å². The van der Waals surface area contributed by atoms with Crippen LogP contribution in [0.25, 0.3) is 0 Å². The van der Waals surface area contributed by atoms with Gasteiger partial charge in [-0.1, -0.05) is 31.4 Å². The summed E-state index contributed by atoms with van der Waals surface area (Å²) in [6.07, 6.45) is 11.9. The minimum atomic E-state index is -0.685. The standard InChI is InChI=1S/C15H26O3S/c1-3-9-14(11-12-18-2)19-13-8-6-4-5-7-10-15(16)17/h3,9,11H,4-8,10,12-13H2,1-2H3,(H,16,17)/b9-3-,14-11+. The number of carboxylic acids is 1. The van der Waals surface area contributed by atoms with Crippen molar-refractivity contribution in [1.82, 2.24) is 0 Å². The first kappa shape index (κ1) is 18.3. The topological polar surface area (TPSA) is 46.5 Å². The number of carbonyl (C=O) groups is 1. The van der Waals surface area contributed by atoms with E-state index in [1.165, 1.54) is 17.7 Å². The van der Waals surface area contributed by atoms with Crippen LogP contribution >= 0.6 is 11.8 Å². The first-order chi connectivity index (χ1) is 9.20. The Morgan fingerprint density at radius 1 is 1.21 bits per heavy atom. The van der Waals surface area contributed by atoms with Gasteiger partial charge in [0, 0.05) is 18.4 Å². The van der Waals surface area contributed by atoms with Gasteiger partial charge in [0.25, 0.3) is 0 Å². The van der Waals surface area contributed by atoms with E-state index in [1.807, 2.05) is 24.8 Å². The van der Waals surface area contributed by atoms with Gasteiger partial charge < -0.3 is 9.84 Å². The Kier molecular flexibility index (Phi) is 13.2. The monoisotopic (exact) mass is 286 g/mol. The van der Waals surface area contributed by atoms with Crippen molar-refractivity contribution in [3.63, 3.8) is 0 Å². The van der Waals surface area contributed by atoms with Gasteiger partial charge in [-0.05, 0) is 31.6 Å². The molecule has 0 saturated heterocycles. The third-order valence-corrected chi connectivity index (χ3v) is 3.71. The molecule has 3 nitrogen and oxygen atoms in total. The maximum atomic E-state index is 10.3. The second-order valence-electron chi connectivity index (χ2n) is 4.32. The SMILES string of the molecule is C/C=C\C(=C/COC)SCCCCCCCC(=O)O. The van der Waals surface area contributed by atoms with Crippen LogP contribution < -0.4 is 0 Å². The van der Waals surface area contributed by atoms with Gasteiger partial charge in [0.2, 0.25) is 0 Å². The summed E-state index contributed by atoms with van der Waals surface area (Å²) in [7, 11) is 1.70. The highest BCUT2D eigenvalue weighted by molar-refractivity contribution is 8.03. The minimum absolute atomic E-state index is 0.306. The fourth-order valence-electron chi connectivity index (χ4n) is 1.60. The van der Waals surface area contributed by atoms with Crippen LogP contribution in [0.4, 0.5) is 0 Å². The molecule has 0 unspecified atom stereocenters. The van der Waals surface area contributed by atoms with Gasteiger partial charge in [0.05, 0.1) is 6.61 Å². The molecule has 0 aromatic heterocycles. The number of methoxy groups -OCH3 is 1. The molecule has 0 saturated carbocycles. The maximum absolute atomic E-state index is 10.3. The summed E-state index contributed by atoms with van der Waals surface area (Å²) in [5, 5.41) is 8.51. The normalized spacial score (nSPS) is 12.2. The van der Waals surface area contributed by atoms with Crippen LogP contribution in [0.2, 0.25) is 0 Å². The molecule has 0 fully saturated rings. The second kappa shape index (κ2) is 13.7. The lowest BCUT2D eigenvalue weighted by Gasteiger charge is -2.03. The number of hydrogen-bond donors (Lipinski definition) is 1. The molecule has 0 atom stereocenters. The molecule has 0 radical (unpaired) electrons. The van der Waals surface area contributed by atoms with E-state index in [4.69, 9.17) is 9.84 Å². The number of allylic oxidation sites excluding steroid dienone is 2. The smallest absolute Gasteiger partial charge is 0.303 e. The van der Waals surface area contributed by atoms with Crippen molar-refractivity contribution in [2.45, 2.75) is 45.4 Å². The third kappa shape index (κ3) is 13.5. The Morgan fingerprint density at radius 3 is 2.53 bits per heavy atom. The summed E-state index contributed by atoms with van der Waals surface area (Å²) < 4.78 is 5.04. The molecule has 110 valence electrons. The second-order valence-corrected chi connectivity index (χ2v) is 5.49. The molecule has 0 spiro atoms. The lowest BCUT2D eigenvalue weighted by atomic mass is 10.1. The van der Waals surface area contributed by atoms with E-state index in [1.54, 1.807) is 7.11 Å². The van der Waals surface area contributed by atoms with E-state index in [0.29, 0.717) is 13.0 Å². The highest BCUT2D eigenvalue weighted by atomic mass is 32.2. The molecule has 0 aliphatic rings. The Morgan fingerprint density at radius 2 is 1.89 bits per heavy atom. The number of hydrogen-bond acceptors (Lipinski definition) is 3. The van der Waals surface area contributed by atoms with Gasteiger partial charge >= 0.3 is 5.97 Å². The molecular formula is C15H26O3S. The molecule has 0 aromatic carbocycles. The summed E-state index contributed by atoms with van der Waals surface area (Å²) in [6, 6.07) is 0. The molecule has 0 rings (SSSR count). The molecule has 4 heteroatoms. The Labute approximate surface area is 121 Å². The summed E-state index contributed by atoms with van der Waals surface area (Å²) in [5.41, 5.74) is 0. The number of thioether (sulfide) groups is 1. The van der Waals surface area contributed by atoms with Gasteiger partial charge in [-0.15, -0.1) is 11.8 Å². The van der Waals surface area contributed by atoms with Gasteiger partial charge in [-0.25, -0.2) is 0 Å². The van der Waals surface area contributed by atoms with Crippen molar-refractivity contribution >= 4 is 17.7 Å². The Hall–Kier alpha value is -0.740. The minimum Gasteiger partial charge on any atom is -0.481 e. The molecule has 0 amide bonds. The molecule has 0 aromatic rings. The molecule has 0 aliphatic heterocycles. The van der Waals surface area contributed by atoms with E-state index < -0.39 is 5.97 Å². The van der Waals surface area contributed by atoms with Crippen LogP contribution in [0.15, 0.2) is 23.1 Å². The fourth-order valence-corrected chi connectivity index (χ4v) is 2.61. The quantitative estimate of drug-likeness (QED) is 0.430. The van der Waals surface area contributed by atoms with Crippen LogP contribution in [0.3, 0.4) is 0 Å². The number of rotatable bonds is 12. The fraction of sp³-hybridized carbons (Fsp3) is 0.667. The van der Waals surface area contributed by atoms with Crippen molar-refractivity contribution < 1.29 is 14.6 Å². The van der Waals surface area contributed by atoms with Crippen LogP contribution in [0, 0.1) is 0 Å². The highest BCUT2D eigenvalue weighted by Gasteiger charge is 1.97. The first-order valence-corrected chi connectivity index (χ1v) is 7.85. The number of unbranched alkanes of at least 4 members (excludes halogenated alkanes) is 4. The van der Waals surface area contributed by atoms with Crippen LogP contribution in [-0.2, 0) is 9.53 Å². The van der Waals surface area contributed by atoms with Crippen LogP contribution in [-0.4, -0.2) is 30.5 Å². The zero-order chi connectivity index (χ0) is 14.3. The van der Waals surface area contributed by atoms with Gasteiger partial charge in [0.1, 0.15) is 0 Å². The van der Waals surface area contributed by atoms with Gasteiger partial charge in [0.15, 0.2) is 0 Å². The molecule has 19 heavy (non-hydrogen) atoms. The number of carboxylic acid groups (broad SMARTS) is 1. The van der Waals surface area contributed by atoms with E-state index in [9.17, 15) is 4.79 Å². The Balaban J connectivity index is 3.52. The average Bonchev–Trinajstić information content (AvgIpc) is 2.38. The lowest BCUT2D eigenvalue weighted by molar-refractivity contribution is -0.137. The van der Waals surface area contributed by atoms with E-state index in [-0.39, 0.29) is 0 Å². The van der Waals surface area contributed by atoms with E-state index >= 15 is 0 Å². The van der Waals surface area contributed by atoms with Crippen LogP contribution in [0.5, 0.6) is 0 Å². The maximum Gasteiger partial charge on any atom is 0.303 e. The summed E-state index contributed by atoms with van der Waals surface area (Å²) in [4.78, 5) is 11.6. The predicted molar refractivity (Wildman–Crippen MR) is 82.6 cm³/mol. The third-order valence-electron chi connectivity index (χ3n) is 2.59. The van der Waals surface area contributed by atoms with Crippen LogP contribution in [0.1, 0.15) is 45.4 Å². The van der Waals surface area contributed by atoms with Crippen molar-refractivity contribution in [2.24, 2.45) is 0 Å². The summed E-state index contributed by atoms with van der Waals surface area (Å²) in [6.45, 7) is 2.67. The molecular weight excluding hydrogens is 260 g/mol. The van der Waals surface area contributed by atoms with Crippen molar-refractivity contribution in [3.05, 3.63) is 23.1 Å². The lowest BCUT2D eigenvalue weighted by Crippen LogP contribution is -1.93. The summed E-state index contributed by atoms with van der Waals surface area (Å²) in [5.74, 6) is 0.425. The zero-order valence-corrected chi connectivity index (χ0v) is 12.9. The Bertz CT molecular complexity index is 285. The van der Waals surface area contributed by atoms with Crippen molar-refractivity contribution in [1.29, 1.82) is 0 Å².